The molecule has 0 saturated carbocycles. The highest BCUT2D eigenvalue weighted by Gasteiger charge is 2.19. The third kappa shape index (κ3) is 17.6. The Labute approximate surface area is 119 Å². The summed E-state index contributed by atoms with van der Waals surface area (Å²) < 4.78 is 27.3. The lowest BCUT2D eigenvalue weighted by Crippen LogP contribution is -2.39. The van der Waals surface area contributed by atoms with Gasteiger partial charge in [0.05, 0.1) is 5.75 Å². The maximum absolute atomic E-state index is 9.72. The van der Waals surface area contributed by atoms with Gasteiger partial charge in [-0.25, -0.2) is 0 Å². The zero-order valence-corrected chi connectivity index (χ0v) is 13.7. The van der Waals surface area contributed by atoms with Gasteiger partial charge in [0.15, 0.2) is 0 Å². The molecule has 0 fully saturated rings. The summed E-state index contributed by atoms with van der Waals surface area (Å²) in [7, 11) is -3.79. The van der Waals surface area contributed by atoms with E-state index in [1.807, 2.05) is 0 Å². The Balaban J connectivity index is 0. The molecule has 0 aromatic heterocycles. The first kappa shape index (κ1) is 20.9. The van der Waals surface area contributed by atoms with Gasteiger partial charge in [0, 0.05) is 5.54 Å². The molecule has 0 aliphatic carbocycles. The van der Waals surface area contributed by atoms with E-state index in [1.165, 1.54) is 32.1 Å². The molecule has 5 heteroatoms. The zero-order valence-electron chi connectivity index (χ0n) is 12.9. The minimum Gasteiger partial charge on any atom is -0.325 e. The predicted molar refractivity (Wildman–Crippen MR) is 82.8 cm³/mol. The van der Waals surface area contributed by atoms with E-state index in [9.17, 15) is 8.42 Å². The van der Waals surface area contributed by atoms with Crippen molar-refractivity contribution in [3.8, 4) is 0 Å². The second-order valence-electron chi connectivity index (χ2n) is 5.61. The average Bonchev–Trinajstić information content (AvgIpc) is 2.22. The summed E-state index contributed by atoms with van der Waals surface area (Å²) in [5.74, 6) is 0.279. The van der Waals surface area contributed by atoms with E-state index in [2.05, 4.69) is 34.3 Å². The van der Waals surface area contributed by atoms with Crippen molar-refractivity contribution >= 4 is 10.1 Å². The summed E-state index contributed by atoms with van der Waals surface area (Å²) in [5.41, 5.74) is 6.00. The third-order valence-corrected chi connectivity index (χ3v) is 3.75. The first-order valence-electron chi connectivity index (χ1n) is 6.89. The van der Waals surface area contributed by atoms with Crippen molar-refractivity contribution in [2.45, 2.75) is 65.3 Å². The van der Waals surface area contributed by atoms with Crippen LogP contribution in [0.25, 0.3) is 0 Å². The molecule has 0 spiro atoms. The summed E-state index contributed by atoms with van der Waals surface area (Å²) in [5, 5.41) is 0. The number of unbranched alkanes of at least 4 members (excludes halogenated alkanes) is 3. The molecule has 0 radical (unpaired) electrons. The number of hydrogen-bond acceptors (Lipinski definition) is 3. The van der Waals surface area contributed by atoms with Gasteiger partial charge in [-0.1, -0.05) is 45.6 Å². The number of hydrogen-bond donors (Lipinski definition) is 2. The van der Waals surface area contributed by atoms with Gasteiger partial charge in [0.1, 0.15) is 0 Å². The smallest absolute Gasteiger partial charge is 0.268 e. The molecule has 0 aliphatic heterocycles. The first-order valence-corrected chi connectivity index (χ1v) is 8.50. The lowest BCUT2D eigenvalue weighted by Gasteiger charge is -2.27. The van der Waals surface area contributed by atoms with E-state index in [0.717, 1.165) is 6.08 Å². The molecule has 0 saturated heterocycles. The fourth-order valence-electron chi connectivity index (χ4n) is 1.40. The third-order valence-electron chi connectivity index (χ3n) is 3.09. The molecule has 0 rings (SSSR count). The zero-order chi connectivity index (χ0) is 15.5. The Hall–Kier alpha value is -0.390. The average molecular weight is 293 g/mol. The van der Waals surface area contributed by atoms with E-state index in [1.54, 1.807) is 0 Å². The summed E-state index contributed by atoms with van der Waals surface area (Å²) in [6, 6.07) is 0. The van der Waals surface area contributed by atoms with E-state index in [4.69, 9.17) is 10.3 Å². The highest BCUT2D eigenvalue weighted by Crippen LogP contribution is 2.19. The van der Waals surface area contributed by atoms with Gasteiger partial charge >= 0.3 is 0 Å². The van der Waals surface area contributed by atoms with Crippen LogP contribution < -0.4 is 5.73 Å². The molecule has 116 valence electrons. The van der Waals surface area contributed by atoms with Crippen molar-refractivity contribution in [1.29, 1.82) is 0 Å². The van der Waals surface area contributed by atoms with Gasteiger partial charge in [0.2, 0.25) is 0 Å². The fraction of sp³-hybridized carbons (Fsp3) is 0.857. The summed E-state index contributed by atoms with van der Waals surface area (Å²) in [6.07, 6.45) is 7.81. The molecule has 4 nitrogen and oxygen atoms in total. The Morgan fingerprint density at radius 2 is 1.84 bits per heavy atom. The van der Waals surface area contributed by atoms with Crippen LogP contribution in [-0.4, -0.2) is 24.3 Å². The quantitative estimate of drug-likeness (QED) is 0.408. The van der Waals surface area contributed by atoms with E-state index < -0.39 is 10.1 Å². The second-order valence-corrected chi connectivity index (χ2v) is 7.11. The summed E-state index contributed by atoms with van der Waals surface area (Å²) in [6.45, 7) is 11.9. The van der Waals surface area contributed by atoms with Gasteiger partial charge in [-0.15, -0.1) is 6.58 Å². The topological polar surface area (TPSA) is 80.4 Å². The molecule has 1 unspecified atom stereocenters. The van der Waals surface area contributed by atoms with Crippen molar-refractivity contribution < 1.29 is 13.0 Å². The Morgan fingerprint density at radius 3 is 2.11 bits per heavy atom. The highest BCUT2D eigenvalue weighted by molar-refractivity contribution is 7.85. The largest absolute Gasteiger partial charge is 0.325 e. The minimum absolute atomic E-state index is 0.00617. The van der Waals surface area contributed by atoms with Crippen LogP contribution in [0.15, 0.2) is 12.7 Å². The van der Waals surface area contributed by atoms with Gasteiger partial charge in [-0.2, -0.15) is 8.42 Å². The normalized spacial score (nSPS) is 13.4. The molecular weight excluding hydrogens is 262 g/mol. The van der Waals surface area contributed by atoms with Crippen LogP contribution in [0.4, 0.5) is 0 Å². The molecule has 3 N–H and O–H groups in total. The van der Waals surface area contributed by atoms with Crippen molar-refractivity contribution in [2.75, 3.05) is 5.75 Å². The van der Waals surface area contributed by atoms with Crippen LogP contribution in [-0.2, 0) is 10.1 Å². The van der Waals surface area contributed by atoms with Crippen molar-refractivity contribution in [3.63, 3.8) is 0 Å². The second kappa shape index (κ2) is 10.4. The molecule has 0 bridgehead atoms. The van der Waals surface area contributed by atoms with E-state index in [0.29, 0.717) is 5.92 Å². The monoisotopic (exact) mass is 293 g/mol. The van der Waals surface area contributed by atoms with Crippen molar-refractivity contribution in [2.24, 2.45) is 11.7 Å². The fourth-order valence-corrected chi connectivity index (χ4v) is 1.70. The highest BCUT2D eigenvalue weighted by atomic mass is 32.2. The molecule has 0 aromatic rings. The van der Waals surface area contributed by atoms with E-state index >= 15 is 0 Å². The van der Waals surface area contributed by atoms with Crippen molar-refractivity contribution in [3.05, 3.63) is 12.7 Å². The predicted octanol–water partition coefficient (Wildman–Crippen LogP) is 3.39. The number of rotatable bonds is 8. The van der Waals surface area contributed by atoms with Crippen LogP contribution in [0, 0.1) is 5.92 Å². The summed E-state index contributed by atoms with van der Waals surface area (Å²) in [4.78, 5) is 0. The maximum Gasteiger partial charge on any atom is 0.268 e. The van der Waals surface area contributed by atoms with Crippen LogP contribution >= 0.6 is 0 Å². The Kier molecular flexibility index (Phi) is 11.5. The Bertz CT molecular complexity index is 318. The molecule has 19 heavy (non-hydrogen) atoms. The van der Waals surface area contributed by atoms with Crippen LogP contribution in [0.1, 0.15) is 59.8 Å². The lowest BCUT2D eigenvalue weighted by atomic mass is 9.86. The van der Waals surface area contributed by atoms with Gasteiger partial charge < -0.3 is 5.73 Å². The van der Waals surface area contributed by atoms with Crippen molar-refractivity contribution in [1.82, 2.24) is 0 Å². The SMILES string of the molecule is C=CCS(=O)(=O)O.CCCCCCC(C)C(C)(C)N. The van der Waals surface area contributed by atoms with Gasteiger partial charge in [0.25, 0.3) is 10.1 Å². The molecular formula is C14H31NO3S. The molecule has 0 aliphatic rings. The van der Waals surface area contributed by atoms with Gasteiger partial charge in [-0.3, -0.25) is 4.55 Å². The van der Waals surface area contributed by atoms with E-state index in [-0.39, 0.29) is 11.3 Å². The standard InChI is InChI=1S/C11H25N.C3H6O3S/c1-5-6-7-8-9-10(2)11(3,4)12;1-2-3-7(4,5)6/h10H,5-9,12H2,1-4H3;2H,1,3H2,(H,4,5,6). The number of nitrogens with two attached hydrogens (primary N) is 1. The maximum atomic E-state index is 9.72. The first-order chi connectivity index (χ1) is 8.54. The Morgan fingerprint density at radius 1 is 1.32 bits per heavy atom. The summed E-state index contributed by atoms with van der Waals surface area (Å²) >= 11 is 0. The van der Waals surface area contributed by atoms with Crippen LogP contribution in [0.5, 0.6) is 0 Å². The molecule has 1 atom stereocenters. The lowest BCUT2D eigenvalue weighted by molar-refractivity contribution is 0.317. The van der Waals surface area contributed by atoms with Gasteiger partial charge in [-0.05, 0) is 26.2 Å². The minimum atomic E-state index is -3.79. The molecule has 0 heterocycles. The van der Waals surface area contributed by atoms with Crippen LogP contribution in [0.3, 0.4) is 0 Å². The van der Waals surface area contributed by atoms with Crippen LogP contribution in [0.2, 0.25) is 0 Å². The molecule has 0 aromatic carbocycles. The molecule has 0 amide bonds.